The molecule has 2 rings (SSSR count). The summed E-state index contributed by atoms with van der Waals surface area (Å²) in [6, 6.07) is 16.9. The van der Waals surface area contributed by atoms with E-state index in [0.29, 0.717) is 4.99 Å². The number of unbranched alkanes of at least 4 members (excludes halogenated alkanes) is 5. The van der Waals surface area contributed by atoms with Crippen molar-refractivity contribution in [3.05, 3.63) is 59.7 Å². The molecule has 0 bridgehead atoms. The monoisotopic (exact) mass is 355 g/mol. The molecule has 0 aliphatic heterocycles. The van der Waals surface area contributed by atoms with Gasteiger partial charge in [-0.25, -0.2) is 0 Å². The minimum absolute atomic E-state index is 0.449. The normalized spacial score (nSPS) is 10.8. The van der Waals surface area contributed by atoms with Crippen LogP contribution in [0.15, 0.2) is 48.5 Å². The number of benzene rings is 2. The highest BCUT2D eigenvalue weighted by Gasteiger charge is 2.06. The van der Waals surface area contributed by atoms with Crippen LogP contribution in [0, 0.1) is 0 Å². The molecular weight excluding hydrogens is 326 g/mol. The third kappa shape index (κ3) is 6.60. The molecule has 0 radical (unpaired) electrons. The molecule has 0 fully saturated rings. The molecule has 0 aromatic heterocycles. The first-order chi connectivity index (χ1) is 12.2. The third-order valence-electron chi connectivity index (χ3n) is 4.52. The summed E-state index contributed by atoms with van der Waals surface area (Å²) in [5.74, 6) is 0. The van der Waals surface area contributed by atoms with Gasteiger partial charge in [-0.2, -0.15) is 0 Å². The summed E-state index contributed by atoms with van der Waals surface area (Å²) in [4.78, 5) is 0.449. The van der Waals surface area contributed by atoms with Gasteiger partial charge in [-0.1, -0.05) is 86.4 Å². The number of nitrogens with two attached hydrogens (primary N) is 1. The predicted octanol–water partition coefficient (Wildman–Crippen LogP) is 5.52. The summed E-state index contributed by atoms with van der Waals surface area (Å²) < 4.78 is 5.08. The molecule has 3 heteroatoms. The van der Waals surface area contributed by atoms with Crippen molar-refractivity contribution in [2.45, 2.75) is 44.9 Å². The van der Waals surface area contributed by atoms with Gasteiger partial charge in [0.2, 0.25) is 0 Å². The maximum Gasteiger partial charge on any atom is 0.104 e. The zero-order chi connectivity index (χ0) is 17.9. The average Bonchev–Trinajstić information content (AvgIpc) is 2.64. The third-order valence-corrected chi connectivity index (χ3v) is 4.74. The molecule has 25 heavy (non-hydrogen) atoms. The lowest BCUT2D eigenvalue weighted by atomic mass is 9.97. The van der Waals surface area contributed by atoms with Gasteiger partial charge in [0.15, 0.2) is 0 Å². The number of ether oxygens (including phenoxy) is 1. The van der Waals surface area contributed by atoms with E-state index in [-0.39, 0.29) is 0 Å². The summed E-state index contributed by atoms with van der Waals surface area (Å²) in [5, 5.41) is 0. The van der Waals surface area contributed by atoms with Gasteiger partial charge in [0.1, 0.15) is 4.99 Å². The Balaban J connectivity index is 1.80. The highest BCUT2D eigenvalue weighted by atomic mass is 32.1. The van der Waals surface area contributed by atoms with Crippen LogP contribution in [-0.4, -0.2) is 18.7 Å². The molecule has 2 nitrogen and oxygen atoms in total. The van der Waals surface area contributed by atoms with Crippen molar-refractivity contribution in [3.63, 3.8) is 0 Å². The topological polar surface area (TPSA) is 35.2 Å². The van der Waals surface area contributed by atoms with E-state index in [0.717, 1.165) is 24.2 Å². The van der Waals surface area contributed by atoms with Crippen molar-refractivity contribution in [2.75, 3.05) is 13.7 Å². The van der Waals surface area contributed by atoms with Crippen LogP contribution in [0.3, 0.4) is 0 Å². The fraction of sp³-hybridized carbons (Fsp3) is 0.409. The van der Waals surface area contributed by atoms with Crippen LogP contribution in [0.1, 0.15) is 49.7 Å². The maximum absolute atomic E-state index is 5.84. The van der Waals surface area contributed by atoms with Gasteiger partial charge in [-0.05, 0) is 36.0 Å². The molecule has 0 saturated heterocycles. The largest absolute Gasteiger partial charge is 0.389 e. The lowest BCUT2D eigenvalue weighted by molar-refractivity contribution is 0.192. The summed E-state index contributed by atoms with van der Waals surface area (Å²) in [6.45, 7) is 0.893. The Kier molecular flexibility index (Phi) is 8.64. The number of rotatable bonds is 11. The molecule has 0 atom stereocenters. The first-order valence-electron chi connectivity index (χ1n) is 9.19. The lowest BCUT2D eigenvalue weighted by Gasteiger charge is -2.09. The zero-order valence-electron chi connectivity index (χ0n) is 15.2. The van der Waals surface area contributed by atoms with Crippen molar-refractivity contribution >= 4 is 17.2 Å². The highest BCUT2D eigenvalue weighted by molar-refractivity contribution is 7.80. The van der Waals surface area contributed by atoms with Crippen molar-refractivity contribution in [1.29, 1.82) is 0 Å². The Morgan fingerprint density at radius 2 is 1.52 bits per heavy atom. The van der Waals surface area contributed by atoms with E-state index in [1.165, 1.54) is 49.7 Å². The minimum atomic E-state index is 0.449. The summed E-state index contributed by atoms with van der Waals surface area (Å²) >= 11 is 5.16. The Morgan fingerprint density at radius 1 is 0.880 bits per heavy atom. The van der Waals surface area contributed by atoms with Gasteiger partial charge in [0.25, 0.3) is 0 Å². The molecule has 0 unspecified atom stereocenters. The molecule has 0 heterocycles. The molecule has 0 spiro atoms. The van der Waals surface area contributed by atoms with Gasteiger partial charge in [0, 0.05) is 19.3 Å². The Morgan fingerprint density at radius 3 is 2.20 bits per heavy atom. The number of methoxy groups -OCH3 is 1. The Labute approximate surface area is 157 Å². The first-order valence-corrected chi connectivity index (χ1v) is 9.60. The van der Waals surface area contributed by atoms with Gasteiger partial charge in [-0.15, -0.1) is 0 Å². The molecule has 2 N–H and O–H groups in total. The van der Waals surface area contributed by atoms with Crippen LogP contribution in [0.2, 0.25) is 0 Å². The number of aryl methyl sites for hydroxylation is 1. The van der Waals surface area contributed by atoms with Crippen molar-refractivity contribution in [2.24, 2.45) is 5.73 Å². The van der Waals surface area contributed by atoms with Crippen molar-refractivity contribution in [1.82, 2.24) is 0 Å². The molecular formula is C22H29NOS. The predicted molar refractivity (Wildman–Crippen MR) is 111 cm³/mol. The van der Waals surface area contributed by atoms with Gasteiger partial charge in [-0.3, -0.25) is 0 Å². The molecule has 134 valence electrons. The second kappa shape index (κ2) is 11.0. The molecule has 0 amide bonds. The smallest absolute Gasteiger partial charge is 0.104 e. The number of thiocarbonyl (C=S) groups is 1. The Hall–Kier alpha value is -1.71. The van der Waals surface area contributed by atoms with Crippen LogP contribution in [0.4, 0.5) is 0 Å². The number of hydrogen-bond donors (Lipinski definition) is 1. The average molecular weight is 356 g/mol. The zero-order valence-corrected chi connectivity index (χ0v) is 16.0. The highest BCUT2D eigenvalue weighted by Crippen LogP contribution is 2.24. The van der Waals surface area contributed by atoms with E-state index in [1.54, 1.807) is 7.11 Å². The van der Waals surface area contributed by atoms with Crippen LogP contribution in [-0.2, 0) is 11.2 Å². The van der Waals surface area contributed by atoms with E-state index >= 15 is 0 Å². The Bertz CT molecular complexity index is 651. The molecule has 2 aromatic rings. The second-order valence-corrected chi connectivity index (χ2v) is 6.91. The fourth-order valence-corrected chi connectivity index (χ4v) is 3.26. The SMILES string of the molecule is COCCCCCCCCc1ccc(-c2ccccc2C(N)=S)cc1. The van der Waals surface area contributed by atoms with E-state index < -0.39 is 0 Å². The first kappa shape index (κ1) is 19.6. The van der Waals surface area contributed by atoms with Gasteiger partial charge >= 0.3 is 0 Å². The summed E-state index contributed by atoms with van der Waals surface area (Å²) in [7, 11) is 1.77. The lowest BCUT2D eigenvalue weighted by Crippen LogP contribution is -2.10. The van der Waals surface area contributed by atoms with Gasteiger partial charge in [0.05, 0.1) is 0 Å². The minimum Gasteiger partial charge on any atom is -0.389 e. The van der Waals surface area contributed by atoms with Gasteiger partial charge < -0.3 is 10.5 Å². The van der Waals surface area contributed by atoms with E-state index in [1.807, 2.05) is 18.2 Å². The standard InChI is InChI=1S/C22H29NOS/c1-24-17-9-5-3-2-4-6-10-18-13-15-19(16-14-18)20-11-7-8-12-21(20)22(23)25/h7-8,11-16H,2-6,9-10,17H2,1H3,(H2,23,25). The second-order valence-electron chi connectivity index (χ2n) is 6.47. The summed E-state index contributed by atoms with van der Waals surface area (Å²) in [5.41, 5.74) is 10.5. The van der Waals surface area contributed by atoms with Crippen molar-refractivity contribution < 1.29 is 4.74 Å². The molecule has 2 aromatic carbocycles. The molecule has 0 aliphatic rings. The quantitative estimate of drug-likeness (QED) is 0.426. The van der Waals surface area contributed by atoms with Crippen LogP contribution >= 0.6 is 12.2 Å². The van der Waals surface area contributed by atoms with E-state index in [2.05, 4.69) is 30.3 Å². The number of hydrogen-bond acceptors (Lipinski definition) is 2. The summed E-state index contributed by atoms with van der Waals surface area (Å²) in [6.07, 6.45) is 8.82. The fourth-order valence-electron chi connectivity index (χ4n) is 3.08. The van der Waals surface area contributed by atoms with E-state index in [4.69, 9.17) is 22.7 Å². The molecule has 0 saturated carbocycles. The van der Waals surface area contributed by atoms with Crippen LogP contribution in [0.5, 0.6) is 0 Å². The van der Waals surface area contributed by atoms with Crippen molar-refractivity contribution in [3.8, 4) is 11.1 Å². The van der Waals surface area contributed by atoms with Crippen LogP contribution in [0.25, 0.3) is 11.1 Å². The van der Waals surface area contributed by atoms with Crippen LogP contribution < -0.4 is 5.73 Å². The van der Waals surface area contributed by atoms with E-state index in [9.17, 15) is 0 Å². The molecule has 0 aliphatic carbocycles. The maximum atomic E-state index is 5.84.